The van der Waals surface area contributed by atoms with E-state index in [0.29, 0.717) is 19.8 Å². The molecular formula is C15H20N2O3. The van der Waals surface area contributed by atoms with Crippen molar-refractivity contribution in [3.05, 3.63) is 23.9 Å². The molecule has 0 unspecified atom stereocenters. The number of aryl methyl sites for hydroxylation is 1. The van der Waals surface area contributed by atoms with Crippen molar-refractivity contribution in [3.63, 3.8) is 0 Å². The number of fused-ring (bicyclic) bond motifs is 2. The van der Waals surface area contributed by atoms with Crippen LogP contribution in [0.15, 0.2) is 18.3 Å². The van der Waals surface area contributed by atoms with Gasteiger partial charge < -0.3 is 24.9 Å². The molecule has 2 heterocycles. The molecule has 3 rings (SSSR count). The van der Waals surface area contributed by atoms with E-state index in [9.17, 15) is 0 Å². The molecule has 1 aromatic heterocycles. The number of hydrogen-bond donors (Lipinski definition) is 2. The molecule has 108 valence electrons. The van der Waals surface area contributed by atoms with E-state index in [-0.39, 0.29) is 6.61 Å². The Balaban J connectivity index is 2.09. The van der Waals surface area contributed by atoms with Crippen LogP contribution in [0.3, 0.4) is 0 Å². The summed E-state index contributed by atoms with van der Waals surface area (Å²) in [6, 6.07) is 4.07. The second kappa shape index (κ2) is 5.73. The van der Waals surface area contributed by atoms with Gasteiger partial charge in [0.25, 0.3) is 0 Å². The zero-order chi connectivity index (χ0) is 13.9. The largest absolute Gasteiger partial charge is 0.486 e. The first kappa shape index (κ1) is 13.3. The number of benzene rings is 1. The minimum Gasteiger partial charge on any atom is -0.486 e. The number of aliphatic hydroxyl groups excluding tert-OH is 1. The van der Waals surface area contributed by atoms with Crippen molar-refractivity contribution in [2.24, 2.45) is 5.73 Å². The molecule has 0 bridgehead atoms. The Morgan fingerprint density at radius 2 is 1.95 bits per heavy atom. The van der Waals surface area contributed by atoms with Crippen LogP contribution < -0.4 is 15.2 Å². The molecule has 1 aliphatic rings. The number of rotatable bonds is 5. The van der Waals surface area contributed by atoms with Gasteiger partial charge in [-0.1, -0.05) is 0 Å². The molecule has 3 N–H and O–H groups in total. The smallest absolute Gasteiger partial charge is 0.163 e. The summed E-state index contributed by atoms with van der Waals surface area (Å²) >= 11 is 0. The molecule has 1 aliphatic heterocycles. The zero-order valence-electron chi connectivity index (χ0n) is 11.5. The minimum absolute atomic E-state index is 0.202. The van der Waals surface area contributed by atoms with Crippen LogP contribution in [0.5, 0.6) is 11.5 Å². The average Bonchev–Trinajstić information content (AvgIpc) is 2.81. The van der Waals surface area contributed by atoms with Crippen LogP contribution in [-0.4, -0.2) is 36.0 Å². The normalized spacial score (nSPS) is 13.9. The Labute approximate surface area is 117 Å². The van der Waals surface area contributed by atoms with E-state index in [1.165, 1.54) is 5.56 Å². The van der Waals surface area contributed by atoms with Crippen LogP contribution in [0.2, 0.25) is 0 Å². The van der Waals surface area contributed by atoms with E-state index in [1.54, 1.807) is 0 Å². The van der Waals surface area contributed by atoms with E-state index in [0.717, 1.165) is 41.8 Å². The lowest BCUT2D eigenvalue weighted by Gasteiger charge is -2.18. The second-order valence-electron chi connectivity index (χ2n) is 4.98. The van der Waals surface area contributed by atoms with Gasteiger partial charge in [0.2, 0.25) is 0 Å². The molecule has 0 saturated carbocycles. The molecule has 0 saturated heterocycles. The van der Waals surface area contributed by atoms with Gasteiger partial charge in [0.15, 0.2) is 11.5 Å². The number of ether oxygens (including phenoxy) is 2. The monoisotopic (exact) mass is 276 g/mol. The third-order valence-electron chi connectivity index (χ3n) is 3.60. The second-order valence-corrected chi connectivity index (χ2v) is 4.98. The summed E-state index contributed by atoms with van der Waals surface area (Å²) in [4.78, 5) is 0. The highest BCUT2D eigenvalue weighted by Gasteiger charge is 2.17. The maximum absolute atomic E-state index is 9.03. The minimum atomic E-state index is 0.202. The fourth-order valence-corrected chi connectivity index (χ4v) is 2.69. The number of hydrogen-bond acceptors (Lipinski definition) is 4. The number of nitrogens with zero attached hydrogens (tertiary/aromatic N) is 1. The van der Waals surface area contributed by atoms with Gasteiger partial charge in [-0.25, -0.2) is 0 Å². The SMILES string of the molecule is NCCn1cc(CCCO)c2cc3c(cc21)OCCO3. The van der Waals surface area contributed by atoms with E-state index in [2.05, 4.69) is 10.8 Å². The first-order valence-corrected chi connectivity index (χ1v) is 7.06. The van der Waals surface area contributed by atoms with Gasteiger partial charge in [0.05, 0.1) is 5.52 Å². The molecule has 0 radical (unpaired) electrons. The Morgan fingerprint density at radius 3 is 2.65 bits per heavy atom. The summed E-state index contributed by atoms with van der Waals surface area (Å²) in [7, 11) is 0. The van der Waals surface area contributed by atoms with Crippen molar-refractivity contribution in [1.82, 2.24) is 4.57 Å². The summed E-state index contributed by atoms with van der Waals surface area (Å²) in [5.74, 6) is 1.60. The Bertz CT molecular complexity index is 607. The van der Waals surface area contributed by atoms with Gasteiger partial charge in [0, 0.05) is 37.3 Å². The molecule has 0 fully saturated rings. The lowest BCUT2D eigenvalue weighted by Crippen LogP contribution is -2.15. The Morgan fingerprint density at radius 1 is 1.20 bits per heavy atom. The van der Waals surface area contributed by atoms with Crippen molar-refractivity contribution in [3.8, 4) is 11.5 Å². The molecular weight excluding hydrogens is 256 g/mol. The predicted octanol–water partition coefficient (Wildman–Crippen LogP) is 1.30. The van der Waals surface area contributed by atoms with Gasteiger partial charge in [-0.3, -0.25) is 0 Å². The molecule has 20 heavy (non-hydrogen) atoms. The third-order valence-corrected chi connectivity index (χ3v) is 3.60. The highest BCUT2D eigenvalue weighted by Crippen LogP contribution is 2.36. The fourth-order valence-electron chi connectivity index (χ4n) is 2.69. The standard InChI is InChI=1S/C15H20N2O3/c16-3-4-17-10-11(2-1-5-18)12-8-14-15(9-13(12)17)20-7-6-19-14/h8-10,18H,1-7,16H2. The van der Waals surface area contributed by atoms with Crippen LogP contribution in [0.1, 0.15) is 12.0 Å². The van der Waals surface area contributed by atoms with Crippen molar-refractivity contribution in [2.75, 3.05) is 26.4 Å². The molecule has 1 aromatic carbocycles. The molecule has 0 amide bonds. The zero-order valence-corrected chi connectivity index (χ0v) is 11.5. The van der Waals surface area contributed by atoms with Crippen molar-refractivity contribution in [1.29, 1.82) is 0 Å². The lowest BCUT2D eigenvalue weighted by atomic mass is 10.1. The maximum Gasteiger partial charge on any atom is 0.163 e. The summed E-state index contributed by atoms with van der Waals surface area (Å²) in [5.41, 5.74) is 8.02. The highest BCUT2D eigenvalue weighted by molar-refractivity contribution is 5.87. The number of aromatic nitrogens is 1. The molecule has 0 spiro atoms. The average molecular weight is 276 g/mol. The van der Waals surface area contributed by atoms with Gasteiger partial charge in [-0.05, 0) is 24.5 Å². The summed E-state index contributed by atoms with van der Waals surface area (Å²) in [6.45, 7) is 2.75. The molecule has 0 aliphatic carbocycles. The quantitative estimate of drug-likeness (QED) is 0.863. The van der Waals surface area contributed by atoms with Gasteiger partial charge in [-0.2, -0.15) is 0 Å². The van der Waals surface area contributed by atoms with E-state index in [4.69, 9.17) is 20.3 Å². The summed E-state index contributed by atoms with van der Waals surface area (Å²) in [5, 5.41) is 10.2. The maximum atomic E-state index is 9.03. The topological polar surface area (TPSA) is 69.6 Å². The van der Waals surface area contributed by atoms with Gasteiger partial charge >= 0.3 is 0 Å². The van der Waals surface area contributed by atoms with E-state index in [1.807, 2.05) is 12.1 Å². The molecule has 2 aromatic rings. The van der Waals surface area contributed by atoms with Gasteiger partial charge in [0.1, 0.15) is 13.2 Å². The van der Waals surface area contributed by atoms with Crippen LogP contribution >= 0.6 is 0 Å². The fraction of sp³-hybridized carbons (Fsp3) is 0.467. The number of aliphatic hydroxyl groups is 1. The lowest BCUT2D eigenvalue weighted by molar-refractivity contribution is 0.172. The Kier molecular flexibility index (Phi) is 3.80. The van der Waals surface area contributed by atoms with Crippen LogP contribution in [0.4, 0.5) is 0 Å². The van der Waals surface area contributed by atoms with E-state index >= 15 is 0 Å². The summed E-state index contributed by atoms with van der Waals surface area (Å²) < 4.78 is 13.5. The molecule has 5 nitrogen and oxygen atoms in total. The molecule has 5 heteroatoms. The Hall–Kier alpha value is -1.72. The first-order valence-electron chi connectivity index (χ1n) is 7.06. The highest BCUT2D eigenvalue weighted by atomic mass is 16.6. The van der Waals surface area contributed by atoms with Crippen LogP contribution in [0.25, 0.3) is 10.9 Å². The number of nitrogens with two attached hydrogens (primary N) is 1. The predicted molar refractivity (Wildman–Crippen MR) is 77.4 cm³/mol. The van der Waals surface area contributed by atoms with Gasteiger partial charge in [-0.15, -0.1) is 0 Å². The summed E-state index contributed by atoms with van der Waals surface area (Å²) in [6.07, 6.45) is 3.74. The van der Waals surface area contributed by atoms with Crippen molar-refractivity contribution < 1.29 is 14.6 Å². The third kappa shape index (κ3) is 2.34. The van der Waals surface area contributed by atoms with Crippen molar-refractivity contribution in [2.45, 2.75) is 19.4 Å². The van der Waals surface area contributed by atoms with Crippen molar-refractivity contribution >= 4 is 10.9 Å². The molecule has 0 atom stereocenters. The van der Waals surface area contributed by atoms with Crippen LogP contribution in [-0.2, 0) is 13.0 Å². The van der Waals surface area contributed by atoms with E-state index < -0.39 is 0 Å². The first-order chi connectivity index (χ1) is 9.83. The van der Waals surface area contributed by atoms with Crippen LogP contribution in [0, 0.1) is 0 Å².